The fourth-order valence-corrected chi connectivity index (χ4v) is 5.68. The van der Waals surface area contributed by atoms with E-state index in [0.717, 1.165) is 38.7 Å². The zero-order valence-electron chi connectivity index (χ0n) is 23.0. The highest BCUT2D eigenvalue weighted by Gasteiger charge is 2.32. The Hall–Kier alpha value is -3.99. The average molecular weight is 550 g/mol. The first kappa shape index (κ1) is 27.6. The molecule has 1 aliphatic heterocycles. The first-order valence-electron chi connectivity index (χ1n) is 13.5. The van der Waals surface area contributed by atoms with Gasteiger partial charge in [0.25, 0.3) is 0 Å². The van der Waals surface area contributed by atoms with Gasteiger partial charge in [0.15, 0.2) is 11.6 Å². The number of likely N-dealkylation sites (tertiary alicyclic amines) is 1. The molecule has 11 heteroatoms. The van der Waals surface area contributed by atoms with E-state index in [9.17, 15) is 18.7 Å². The number of nitrogens with zero attached hydrogens (tertiary/aromatic N) is 6. The summed E-state index contributed by atoms with van der Waals surface area (Å²) in [6.45, 7) is 10.6. The fourth-order valence-electron chi connectivity index (χ4n) is 5.68. The molecule has 4 aromatic rings. The number of carbonyl (C=O) groups is 1. The van der Waals surface area contributed by atoms with Crippen molar-refractivity contribution in [3.8, 4) is 11.3 Å². The topological polar surface area (TPSA) is 109 Å². The molecule has 0 unspecified atom stereocenters. The van der Waals surface area contributed by atoms with E-state index in [4.69, 9.17) is 0 Å². The molecule has 1 aliphatic rings. The predicted molar refractivity (Wildman–Crippen MR) is 149 cm³/mol. The van der Waals surface area contributed by atoms with Gasteiger partial charge >= 0.3 is 5.97 Å². The number of aliphatic carboxylic acids is 1. The quantitative estimate of drug-likeness (QED) is 0.288. The minimum absolute atomic E-state index is 0.0334. The van der Waals surface area contributed by atoms with E-state index in [1.807, 2.05) is 18.4 Å². The zero-order valence-corrected chi connectivity index (χ0v) is 23.0. The van der Waals surface area contributed by atoms with Crippen LogP contribution in [0, 0.1) is 24.5 Å². The lowest BCUT2D eigenvalue weighted by Crippen LogP contribution is -2.37. The Bertz CT molecular complexity index is 1530. The number of hydrogen-bond acceptors (Lipinski definition) is 7. The van der Waals surface area contributed by atoms with Crippen LogP contribution in [0.5, 0.6) is 0 Å². The Balaban J connectivity index is 1.39. The Morgan fingerprint density at radius 1 is 1.10 bits per heavy atom. The van der Waals surface area contributed by atoms with Gasteiger partial charge in [0, 0.05) is 17.8 Å². The number of carboxylic acids is 1. The van der Waals surface area contributed by atoms with E-state index in [2.05, 4.69) is 37.1 Å². The van der Waals surface area contributed by atoms with Gasteiger partial charge in [-0.2, -0.15) is 0 Å². The van der Waals surface area contributed by atoms with Crippen molar-refractivity contribution in [1.82, 2.24) is 29.4 Å². The number of aryl methyl sites for hydroxylation is 1. The van der Waals surface area contributed by atoms with Crippen LogP contribution in [0.25, 0.3) is 22.3 Å². The van der Waals surface area contributed by atoms with Gasteiger partial charge in [0.1, 0.15) is 22.9 Å². The molecule has 0 bridgehead atoms. The molecule has 5 rings (SSSR count). The van der Waals surface area contributed by atoms with Crippen molar-refractivity contribution in [1.29, 1.82) is 0 Å². The number of carboxylic acid groups (broad SMARTS) is 1. The summed E-state index contributed by atoms with van der Waals surface area (Å²) < 4.78 is 31.7. The number of piperidine rings is 1. The summed E-state index contributed by atoms with van der Waals surface area (Å²) in [6.07, 6.45) is 4.22. The fraction of sp³-hybridized carbons (Fsp3) is 0.414. The van der Waals surface area contributed by atoms with Crippen molar-refractivity contribution in [3.05, 3.63) is 59.7 Å². The molecule has 2 N–H and O–H groups in total. The number of halogens is 2. The summed E-state index contributed by atoms with van der Waals surface area (Å²) in [6, 6.07) is 6.33. The largest absolute Gasteiger partial charge is 0.481 e. The maximum atomic E-state index is 15.0. The summed E-state index contributed by atoms with van der Waals surface area (Å²) in [7, 11) is 0. The molecule has 1 aromatic carbocycles. The van der Waals surface area contributed by atoms with Crippen molar-refractivity contribution >= 4 is 28.8 Å². The SMILES string of the molecule is CCN1CCC([C@@H](C(=O)O)c2ccc(Nc3ncc(F)c(-c4cc(F)c5nc(C)n(C(C)C)c5c4)n3)nc2)CC1. The monoisotopic (exact) mass is 549 g/mol. The zero-order chi connectivity index (χ0) is 28.6. The van der Waals surface area contributed by atoms with Crippen LogP contribution in [0.3, 0.4) is 0 Å². The van der Waals surface area contributed by atoms with Gasteiger partial charge in [-0.1, -0.05) is 13.0 Å². The lowest BCUT2D eigenvalue weighted by Gasteiger charge is -2.34. The number of pyridine rings is 1. The Morgan fingerprint density at radius 3 is 2.48 bits per heavy atom. The molecular weight excluding hydrogens is 516 g/mol. The number of rotatable bonds is 8. The minimum atomic E-state index is -0.859. The van der Waals surface area contributed by atoms with E-state index in [1.165, 1.54) is 6.07 Å². The van der Waals surface area contributed by atoms with Gasteiger partial charge in [-0.25, -0.2) is 28.7 Å². The molecule has 1 saturated heterocycles. The van der Waals surface area contributed by atoms with Crippen LogP contribution in [-0.2, 0) is 4.79 Å². The molecule has 0 aliphatic carbocycles. The Morgan fingerprint density at radius 2 is 1.85 bits per heavy atom. The first-order chi connectivity index (χ1) is 19.2. The summed E-state index contributed by atoms with van der Waals surface area (Å²) in [5.41, 5.74) is 1.61. The molecule has 9 nitrogen and oxygen atoms in total. The van der Waals surface area contributed by atoms with Crippen molar-refractivity contribution in [2.24, 2.45) is 5.92 Å². The summed E-state index contributed by atoms with van der Waals surface area (Å²) in [4.78, 5) is 31.5. The maximum absolute atomic E-state index is 15.0. The normalized spacial score (nSPS) is 15.6. The van der Waals surface area contributed by atoms with E-state index >= 15 is 0 Å². The minimum Gasteiger partial charge on any atom is -0.481 e. The first-order valence-corrected chi connectivity index (χ1v) is 13.5. The highest BCUT2D eigenvalue weighted by molar-refractivity contribution is 5.83. The number of nitrogens with one attached hydrogen (secondary N) is 1. The number of aromatic nitrogens is 5. The third kappa shape index (κ3) is 5.38. The number of hydrogen-bond donors (Lipinski definition) is 2. The number of imidazole rings is 1. The lowest BCUT2D eigenvalue weighted by atomic mass is 9.80. The van der Waals surface area contributed by atoms with Crippen LogP contribution in [-0.4, -0.2) is 60.1 Å². The van der Waals surface area contributed by atoms with E-state index in [-0.39, 0.29) is 34.7 Å². The highest BCUT2D eigenvalue weighted by Crippen LogP contribution is 2.34. The predicted octanol–water partition coefficient (Wildman–Crippen LogP) is 5.70. The molecule has 0 amide bonds. The maximum Gasteiger partial charge on any atom is 0.311 e. The Kier molecular flexibility index (Phi) is 7.75. The number of benzene rings is 1. The second kappa shape index (κ2) is 11.2. The van der Waals surface area contributed by atoms with Crippen molar-refractivity contribution < 1.29 is 18.7 Å². The summed E-state index contributed by atoms with van der Waals surface area (Å²) >= 11 is 0. The van der Waals surface area contributed by atoms with Crippen LogP contribution in [0.15, 0.2) is 36.7 Å². The highest BCUT2D eigenvalue weighted by atomic mass is 19.1. The van der Waals surface area contributed by atoms with Gasteiger partial charge in [-0.3, -0.25) is 4.79 Å². The standard InChI is InChI=1S/C29H33F2N7O2/c1-5-37-10-8-18(9-11-37)25(28(39)40)19-6-7-24(32-14-19)35-29-33-15-22(31)26(36-29)20-12-21(30)27-23(13-20)38(16(2)3)17(4)34-27/h6-7,12-16,18,25H,5,8-11H2,1-4H3,(H,39,40)(H,32,33,35,36)/t25-/m1/s1. The van der Waals surface area contributed by atoms with E-state index in [1.54, 1.807) is 31.3 Å². The molecule has 210 valence electrons. The second-order valence-electron chi connectivity index (χ2n) is 10.5. The molecule has 1 fully saturated rings. The molecule has 4 heterocycles. The van der Waals surface area contributed by atoms with Crippen LogP contribution >= 0.6 is 0 Å². The number of fused-ring (bicyclic) bond motifs is 1. The van der Waals surface area contributed by atoms with Gasteiger partial charge in [-0.15, -0.1) is 0 Å². The van der Waals surface area contributed by atoms with Crippen LogP contribution < -0.4 is 5.32 Å². The molecule has 0 radical (unpaired) electrons. The van der Waals surface area contributed by atoms with Crippen molar-refractivity contribution in [2.45, 2.75) is 52.5 Å². The third-order valence-electron chi connectivity index (χ3n) is 7.66. The molecule has 3 aromatic heterocycles. The lowest BCUT2D eigenvalue weighted by molar-refractivity contribution is -0.140. The molecular formula is C29H33F2N7O2. The number of anilines is 2. The molecule has 40 heavy (non-hydrogen) atoms. The Labute approximate surface area is 231 Å². The van der Waals surface area contributed by atoms with Crippen LogP contribution in [0.2, 0.25) is 0 Å². The van der Waals surface area contributed by atoms with Gasteiger partial charge in [0.05, 0.1) is 17.6 Å². The van der Waals surface area contributed by atoms with Gasteiger partial charge in [0.2, 0.25) is 5.95 Å². The van der Waals surface area contributed by atoms with E-state index < -0.39 is 23.5 Å². The van der Waals surface area contributed by atoms with E-state index in [0.29, 0.717) is 22.7 Å². The summed E-state index contributed by atoms with van der Waals surface area (Å²) in [5.74, 6) is -1.60. The van der Waals surface area contributed by atoms with Gasteiger partial charge in [-0.05, 0) is 82.9 Å². The smallest absolute Gasteiger partial charge is 0.311 e. The second-order valence-corrected chi connectivity index (χ2v) is 10.5. The van der Waals surface area contributed by atoms with Crippen LogP contribution in [0.1, 0.15) is 57.0 Å². The van der Waals surface area contributed by atoms with Crippen LogP contribution in [0.4, 0.5) is 20.5 Å². The van der Waals surface area contributed by atoms with Crippen molar-refractivity contribution in [2.75, 3.05) is 25.0 Å². The van der Waals surface area contributed by atoms with Crippen molar-refractivity contribution in [3.63, 3.8) is 0 Å². The third-order valence-corrected chi connectivity index (χ3v) is 7.66. The molecule has 1 atom stereocenters. The average Bonchev–Trinajstić information content (AvgIpc) is 3.27. The summed E-state index contributed by atoms with van der Waals surface area (Å²) in [5, 5.41) is 12.9. The molecule has 0 saturated carbocycles. The van der Waals surface area contributed by atoms with Gasteiger partial charge < -0.3 is 19.9 Å². The molecule has 0 spiro atoms.